The van der Waals surface area contributed by atoms with Crippen molar-refractivity contribution in [1.29, 1.82) is 0 Å². The van der Waals surface area contributed by atoms with Crippen LogP contribution in [0.1, 0.15) is 24.3 Å². The van der Waals surface area contributed by atoms with Gasteiger partial charge in [0, 0.05) is 30.9 Å². The summed E-state index contributed by atoms with van der Waals surface area (Å²) in [6.07, 6.45) is 5.74. The van der Waals surface area contributed by atoms with E-state index in [1.807, 2.05) is 42.6 Å². The molecule has 1 aliphatic rings. The lowest BCUT2D eigenvalue weighted by Crippen LogP contribution is -2.35. The van der Waals surface area contributed by atoms with E-state index in [2.05, 4.69) is 47.3 Å². The molecular formula is C25H23N7O. The van der Waals surface area contributed by atoms with Crippen LogP contribution in [0.4, 0.5) is 17.5 Å². The number of aromatic amines is 2. The molecule has 2 aromatic carbocycles. The van der Waals surface area contributed by atoms with Crippen LogP contribution >= 0.6 is 0 Å². The predicted octanol–water partition coefficient (Wildman–Crippen LogP) is 4.32. The van der Waals surface area contributed by atoms with Gasteiger partial charge in [0.25, 0.3) is 5.56 Å². The Morgan fingerprint density at radius 2 is 1.97 bits per heavy atom. The Hall–Kier alpha value is -4.20. The molecule has 1 saturated heterocycles. The van der Waals surface area contributed by atoms with Crippen LogP contribution in [-0.2, 0) is 0 Å². The molecule has 0 aliphatic carbocycles. The summed E-state index contributed by atoms with van der Waals surface area (Å²) < 4.78 is 0. The van der Waals surface area contributed by atoms with Gasteiger partial charge in [-0.05, 0) is 48.7 Å². The Balaban J connectivity index is 1.26. The zero-order chi connectivity index (χ0) is 22.2. The van der Waals surface area contributed by atoms with E-state index >= 15 is 0 Å². The minimum absolute atomic E-state index is 0.150. The van der Waals surface area contributed by atoms with Crippen LogP contribution in [0.5, 0.6) is 0 Å². The van der Waals surface area contributed by atoms with Crippen molar-refractivity contribution in [3.8, 4) is 0 Å². The third-order valence-electron chi connectivity index (χ3n) is 6.29. The molecule has 1 fully saturated rings. The average Bonchev–Trinajstić information content (AvgIpc) is 3.34. The lowest BCUT2D eigenvalue weighted by molar-refractivity contribution is 0.508. The Kier molecular flexibility index (Phi) is 4.75. The number of para-hydroxylation sites is 1. The van der Waals surface area contributed by atoms with Gasteiger partial charge in [0.15, 0.2) is 0 Å². The highest BCUT2D eigenvalue weighted by molar-refractivity contribution is 5.87. The Morgan fingerprint density at radius 3 is 2.94 bits per heavy atom. The van der Waals surface area contributed by atoms with E-state index in [-0.39, 0.29) is 5.56 Å². The maximum absolute atomic E-state index is 12.4. The molecule has 0 radical (unpaired) electrons. The maximum Gasteiger partial charge on any atom is 0.260 e. The average molecular weight is 438 g/mol. The second-order valence-corrected chi connectivity index (χ2v) is 8.40. The minimum Gasteiger partial charge on any atom is -0.355 e. The number of aromatic nitrogens is 5. The van der Waals surface area contributed by atoms with Crippen molar-refractivity contribution >= 4 is 39.4 Å². The van der Waals surface area contributed by atoms with Crippen molar-refractivity contribution in [2.24, 2.45) is 0 Å². The third-order valence-corrected chi connectivity index (χ3v) is 6.29. The molecule has 4 heterocycles. The number of rotatable bonds is 4. The first-order valence-electron chi connectivity index (χ1n) is 11.1. The second kappa shape index (κ2) is 8.05. The molecule has 0 amide bonds. The van der Waals surface area contributed by atoms with Crippen molar-refractivity contribution in [2.75, 3.05) is 23.3 Å². The van der Waals surface area contributed by atoms with Gasteiger partial charge in [0.05, 0.1) is 16.3 Å². The summed E-state index contributed by atoms with van der Waals surface area (Å²) in [7, 11) is 0. The van der Waals surface area contributed by atoms with Crippen molar-refractivity contribution in [1.82, 2.24) is 24.9 Å². The number of piperidine rings is 1. The molecular weight excluding hydrogens is 414 g/mol. The summed E-state index contributed by atoms with van der Waals surface area (Å²) in [5.74, 6) is 1.81. The van der Waals surface area contributed by atoms with E-state index in [4.69, 9.17) is 0 Å². The summed E-state index contributed by atoms with van der Waals surface area (Å²) in [5, 5.41) is 4.91. The monoisotopic (exact) mass is 437 g/mol. The second-order valence-electron chi connectivity index (χ2n) is 8.40. The van der Waals surface area contributed by atoms with Gasteiger partial charge in [-0.25, -0.2) is 15.0 Å². The number of nitrogens with zero attached hydrogens (tertiary/aromatic N) is 4. The van der Waals surface area contributed by atoms with Crippen molar-refractivity contribution < 1.29 is 0 Å². The van der Waals surface area contributed by atoms with Crippen molar-refractivity contribution in [3.63, 3.8) is 0 Å². The molecule has 33 heavy (non-hydrogen) atoms. The lowest BCUT2D eigenvalue weighted by atomic mass is 9.90. The third kappa shape index (κ3) is 3.69. The normalized spacial score (nSPS) is 16.4. The molecule has 164 valence electrons. The Labute approximate surface area is 189 Å². The summed E-state index contributed by atoms with van der Waals surface area (Å²) in [6.45, 7) is 1.87. The molecule has 0 saturated carbocycles. The largest absolute Gasteiger partial charge is 0.355 e. The molecule has 0 spiro atoms. The highest BCUT2D eigenvalue weighted by atomic mass is 16.1. The number of fused-ring (bicyclic) bond motifs is 2. The van der Waals surface area contributed by atoms with Gasteiger partial charge in [-0.2, -0.15) is 0 Å². The fourth-order valence-electron chi connectivity index (χ4n) is 4.70. The molecule has 0 bridgehead atoms. The summed E-state index contributed by atoms with van der Waals surface area (Å²) >= 11 is 0. The fourth-order valence-corrected chi connectivity index (χ4v) is 4.70. The first kappa shape index (κ1) is 19.5. The van der Waals surface area contributed by atoms with Gasteiger partial charge in [-0.3, -0.25) is 9.78 Å². The van der Waals surface area contributed by atoms with Crippen LogP contribution in [0.2, 0.25) is 0 Å². The van der Waals surface area contributed by atoms with Crippen LogP contribution in [0.3, 0.4) is 0 Å². The topological polar surface area (TPSA) is 103 Å². The van der Waals surface area contributed by atoms with Crippen LogP contribution in [-0.4, -0.2) is 38.0 Å². The van der Waals surface area contributed by atoms with Gasteiger partial charge < -0.3 is 15.2 Å². The number of H-pyrrole nitrogens is 2. The van der Waals surface area contributed by atoms with E-state index < -0.39 is 0 Å². The first-order valence-corrected chi connectivity index (χ1v) is 11.1. The highest BCUT2D eigenvalue weighted by Crippen LogP contribution is 2.33. The SMILES string of the molecule is O=c1[nH]c(Nc2cccc(C3CCCN(c4ncnc5[nH]ccc45)C3)c2)nc2ccccc12. The van der Waals surface area contributed by atoms with Gasteiger partial charge in [-0.1, -0.05) is 24.3 Å². The minimum atomic E-state index is -0.150. The summed E-state index contributed by atoms with van der Waals surface area (Å²) in [4.78, 5) is 34.2. The smallest absolute Gasteiger partial charge is 0.260 e. The Bertz CT molecular complexity index is 1510. The number of benzene rings is 2. The van der Waals surface area contributed by atoms with E-state index in [0.717, 1.165) is 48.5 Å². The molecule has 8 nitrogen and oxygen atoms in total. The molecule has 1 aliphatic heterocycles. The molecule has 1 unspecified atom stereocenters. The lowest BCUT2D eigenvalue weighted by Gasteiger charge is -2.34. The van der Waals surface area contributed by atoms with Crippen LogP contribution in [0.25, 0.3) is 21.9 Å². The number of hydrogen-bond donors (Lipinski definition) is 3. The van der Waals surface area contributed by atoms with Crippen LogP contribution < -0.4 is 15.8 Å². The van der Waals surface area contributed by atoms with E-state index in [0.29, 0.717) is 22.8 Å². The van der Waals surface area contributed by atoms with Crippen LogP contribution in [0, 0.1) is 0 Å². The van der Waals surface area contributed by atoms with E-state index in [9.17, 15) is 4.79 Å². The van der Waals surface area contributed by atoms with Crippen molar-refractivity contribution in [2.45, 2.75) is 18.8 Å². The molecule has 3 aromatic heterocycles. The zero-order valence-corrected chi connectivity index (χ0v) is 18.0. The summed E-state index contributed by atoms with van der Waals surface area (Å²) in [5.41, 5.74) is 3.54. The number of nitrogens with one attached hydrogen (secondary N) is 3. The quantitative estimate of drug-likeness (QED) is 0.387. The maximum atomic E-state index is 12.4. The number of anilines is 3. The predicted molar refractivity (Wildman–Crippen MR) is 130 cm³/mol. The summed E-state index contributed by atoms with van der Waals surface area (Å²) in [6, 6.07) is 17.7. The standard InChI is InChI=1S/C25H23N7O/c33-24-19-8-1-2-9-21(19)30-25(31-24)29-18-7-3-5-16(13-18)17-6-4-12-32(14-17)23-20-10-11-26-22(20)27-15-28-23/h1-3,5,7-11,13,15,17H,4,6,12,14H2,(H,26,27,28)(H2,29,30,31,33). The molecule has 6 rings (SSSR count). The molecule has 5 aromatic rings. The van der Waals surface area contributed by atoms with Gasteiger partial charge in [-0.15, -0.1) is 0 Å². The number of hydrogen-bond acceptors (Lipinski definition) is 6. The first-order chi connectivity index (χ1) is 16.2. The van der Waals surface area contributed by atoms with Gasteiger partial charge >= 0.3 is 0 Å². The molecule has 1 atom stereocenters. The van der Waals surface area contributed by atoms with E-state index in [1.54, 1.807) is 12.4 Å². The van der Waals surface area contributed by atoms with Gasteiger partial charge in [0.2, 0.25) is 5.95 Å². The van der Waals surface area contributed by atoms with Crippen molar-refractivity contribution in [3.05, 3.63) is 83.0 Å². The zero-order valence-electron chi connectivity index (χ0n) is 18.0. The van der Waals surface area contributed by atoms with Gasteiger partial charge in [0.1, 0.15) is 17.8 Å². The van der Waals surface area contributed by atoms with Crippen LogP contribution in [0.15, 0.2) is 71.9 Å². The highest BCUT2D eigenvalue weighted by Gasteiger charge is 2.24. The van der Waals surface area contributed by atoms with E-state index in [1.165, 1.54) is 5.56 Å². The fraction of sp³-hybridized carbons (Fsp3) is 0.200. The molecule has 3 N–H and O–H groups in total. The molecule has 8 heteroatoms. The Morgan fingerprint density at radius 1 is 1.03 bits per heavy atom.